The number of rotatable bonds is 3. The lowest BCUT2D eigenvalue weighted by atomic mass is 9.66. The minimum Gasteiger partial charge on any atom is -0.382 e. The van der Waals surface area contributed by atoms with Crippen LogP contribution in [0.2, 0.25) is 5.02 Å². The van der Waals surface area contributed by atoms with Crippen molar-refractivity contribution in [2.24, 2.45) is 11.1 Å². The lowest BCUT2D eigenvalue weighted by Crippen LogP contribution is -2.44. The zero-order valence-corrected chi connectivity index (χ0v) is 18.0. The monoisotopic (exact) mass is 438 g/mol. The van der Waals surface area contributed by atoms with E-state index in [2.05, 4.69) is 39.6 Å². The first-order valence-electron chi connectivity index (χ1n) is 10.0. The third kappa shape index (κ3) is 3.17. The molecule has 8 heteroatoms. The quantitative estimate of drug-likeness (QED) is 0.571. The van der Waals surface area contributed by atoms with Gasteiger partial charge in [-0.2, -0.15) is 0 Å². The van der Waals surface area contributed by atoms with Crippen LogP contribution in [0.3, 0.4) is 0 Å². The smallest absolute Gasteiger partial charge is 0.143 e. The third-order valence-corrected chi connectivity index (χ3v) is 7.90. The van der Waals surface area contributed by atoms with Gasteiger partial charge >= 0.3 is 0 Å². The maximum atomic E-state index is 6.83. The number of nitrogens with one attached hydrogen (secondary N) is 1. The Hall–Kier alpha value is -2.19. The van der Waals surface area contributed by atoms with Gasteiger partial charge < -0.3 is 16.8 Å². The van der Waals surface area contributed by atoms with Crippen LogP contribution in [0.1, 0.15) is 41.6 Å². The highest BCUT2D eigenvalue weighted by molar-refractivity contribution is 7.99. The summed E-state index contributed by atoms with van der Waals surface area (Å²) in [6, 6.07) is 10.4. The van der Waals surface area contributed by atoms with Gasteiger partial charge in [-0.1, -0.05) is 47.6 Å². The van der Waals surface area contributed by atoms with Crippen molar-refractivity contribution in [3.8, 4) is 0 Å². The van der Waals surface area contributed by atoms with Gasteiger partial charge in [-0.25, -0.2) is 9.97 Å². The molecule has 0 amide bonds. The van der Waals surface area contributed by atoms with Crippen molar-refractivity contribution in [3.63, 3.8) is 0 Å². The van der Waals surface area contributed by atoms with Crippen molar-refractivity contribution in [3.05, 3.63) is 70.8 Å². The zero-order valence-electron chi connectivity index (χ0n) is 16.4. The number of pyridine rings is 1. The van der Waals surface area contributed by atoms with E-state index in [-0.39, 0.29) is 17.4 Å². The second-order valence-corrected chi connectivity index (χ2v) is 9.35. The van der Waals surface area contributed by atoms with Crippen molar-refractivity contribution in [1.29, 1.82) is 0 Å². The fraction of sp³-hybridized carbons (Fsp3) is 0.318. The van der Waals surface area contributed by atoms with Gasteiger partial charge in [0.05, 0.1) is 23.1 Å². The molecule has 1 aliphatic carbocycles. The first-order valence-corrected chi connectivity index (χ1v) is 11.2. The number of halogens is 1. The molecule has 154 valence electrons. The predicted octanol–water partition coefficient (Wildman–Crippen LogP) is 3.77. The van der Waals surface area contributed by atoms with E-state index in [0.717, 1.165) is 41.5 Å². The molecule has 1 saturated heterocycles. The van der Waals surface area contributed by atoms with Crippen LogP contribution in [0, 0.1) is 5.41 Å². The Kier molecular flexibility index (Phi) is 5.14. The van der Waals surface area contributed by atoms with Gasteiger partial charge in [-0.15, -0.1) is 0 Å². The number of nitrogens with two attached hydrogens (primary N) is 2. The standard InChI is InChI=1S/C22H23ClN6S/c23-19-16(5-8-27-21(19)25)30-17-12-28-15(11-29-17)18-13-3-1-2-4-14(13)20(24)22(18)6-9-26-10-7-22/h1-5,8,11-12,18,20,26H,6-7,9-10,24H2,(H2,25,27). The fourth-order valence-electron chi connectivity index (χ4n) is 4.96. The van der Waals surface area contributed by atoms with Crippen molar-refractivity contribution in [2.45, 2.75) is 34.7 Å². The molecule has 30 heavy (non-hydrogen) atoms. The summed E-state index contributed by atoms with van der Waals surface area (Å²) in [6.45, 7) is 1.95. The molecule has 1 spiro atoms. The number of aromatic nitrogens is 3. The minimum atomic E-state index is -0.0267. The summed E-state index contributed by atoms with van der Waals surface area (Å²) in [5.41, 5.74) is 16.1. The first-order chi connectivity index (χ1) is 14.6. The van der Waals surface area contributed by atoms with E-state index in [1.807, 2.05) is 18.5 Å². The maximum absolute atomic E-state index is 6.83. The highest BCUT2D eigenvalue weighted by atomic mass is 35.5. The maximum Gasteiger partial charge on any atom is 0.143 e. The lowest BCUT2D eigenvalue weighted by molar-refractivity contribution is 0.149. The van der Waals surface area contributed by atoms with Crippen LogP contribution in [0.25, 0.3) is 0 Å². The normalized spacial score (nSPS) is 22.2. The Labute approximate surface area is 184 Å². The number of anilines is 1. The Bertz CT molecular complexity index is 1070. The molecule has 2 aromatic heterocycles. The molecule has 3 heterocycles. The van der Waals surface area contributed by atoms with Crippen LogP contribution in [0.5, 0.6) is 0 Å². The summed E-state index contributed by atoms with van der Waals surface area (Å²) in [5.74, 6) is 0.466. The van der Waals surface area contributed by atoms with E-state index < -0.39 is 0 Å². The van der Waals surface area contributed by atoms with Crippen LogP contribution in [-0.4, -0.2) is 28.0 Å². The Balaban J connectivity index is 1.50. The van der Waals surface area contributed by atoms with Gasteiger partial charge in [0.25, 0.3) is 0 Å². The van der Waals surface area contributed by atoms with Crippen LogP contribution >= 0.6 is 23.4 Å². The van der Waals surface area contributed by atoms with Gasteiger partial charge in [0.1, 0.15) is 10.8 Å². The molecule has 5 N–H and O–H groups in total. The minimum absolute atomic E-state index is 0.00949. The van der Waals surface area contributed by atoms with Gasteiger partial charge in [0.2, 0.25) is 0 Å². The molecule has 3 aromatic rings. The molecule has 5 rings (SSSR count). The van der Waals surface area contributed by atoms with Crippen LogP contribution in [0.15, 0.2) is 58.8 Å². The second kappa shape index (κ2) is 7.81. The van der Waals surface area contributed by atoms with Crippen molar-refractivity contribution in [2.75, 3.05) is 18.8 Å². The predicted molar refractivity (Wildman–Crippen MR) is 120 cm³/mol. The lowest BCUT2D eigenvalue weighted by Gasteiger charge is -2.42. The van der Waals surface area contributed by atoms with Crippen LogP contribution in [0.4, 0.5) is 5.82 Å². The SMILES string of the molecule is Nc1nccc(Sc2cnc(C3c4ccccc4C(N)C34CCNCC4)cn2)c1Cl. The summed E-state index contributed by atoms with van der Waals surface area (Å²) in [7, 11) is 0. The molecule has 2 aliphatic rings. The summed E-state index contributed by atoms with van der Waals surface area (Å²) in [6.07, 6.45) is 7.40. The van der Waals surface area contributed by atoms with Gasteiger partial charge in [-0.05, 0) is 43.1 Å². The molecule has 1 fully saturated rings. The molecule has 1 aromatic carbocycles. The molecular formula is C22H23ClN6S. The summed E-state index contributed by atoms with van der Waals surface area (Å²) in [4.78, 5) is 14.3. The highest BCUT2D eigenvalue weighted by Gasteiger charge is 2.52. The molecule has 0 bridgehead atoms. The number of hydrogen-bond acceptors (Lipinski definition) is 7. The Morgan fingerprint density at radius 2 is 1.80 bits per heavy atom. The van der Waals surface area contributed by atoms with Crippen LogP contribution in [-0.2, 0) is 0 Å². The topological polar surface area (TPSA) is 103 Å². The third-order valence-electron chi connectivity index (χ3n) is 6.41. The van der Waals surface area contributed by atoms with Crippen molar-refractivity contribution < 1.29 is 0 Å². The molecular weight excluding hydrogens is 416 g/mol. The number of nitrogen functional groups attached to an aromatic ring is 1. The van der Waals surface area contributed by atoms with Gasteiger partial charge in [0, 0.05) is 28.5 Å². The second-order valence-electron chi connectivity index (χ2n) is 7.91. The average molecular weight is 439 g/mol. The zero-order chi connectivity index (χ0) is 20.7. The fourth-order valence-corrected chi connectivity index (χ4v) is 5.95. The van der Waals surface area contributed by atoms with E-state index in [1.165, 1.54) is 22.9 Å². The number of fused-ring (bicyclic) bond motifs is 1. The van der Waals surface area contributed by atoms with Crippen LogP contribution < -0.4 is 16.8 Å². The first kappa shape index (κ1) is 19.8. The average Bonchev–Trinajstić information content (AvgIpc) is 3.01. The summed E-state index contributed by atoms with van der Waals surface area (Å²) >= 11 is 7.70. The van der Waals surface area contributed by atoms with E-state index in [1.54, 1.807) is 6.20 Å². The van der Waals surface area contributed by atoms with Gasteiger partial charge in [-0.3, -0.25) is 4.98 Å². The summed E-state index contributed by atoms with van der Waals surface area (Å²) < 4.78 is 0. The number of nitrogens with zero attached hydrogens (tertiary/aromatic N) is 3. The molecule has 6 nitrogen and oxygen atoms in total. The van der Waals surface area contributed by atoms with Crippen molar-refractivity contribution in [1.82, 2.24) is 20.3 Å². The summed E-state index contributed by atoms with van der Waals surface area (Å²) in [5, 5.41) is 4.69. The molecule has 0 radical (unpaired) electrons. The Morgan fingerprint density at radius 3 is 2.53 bits per heavy atom. The van der Waals surface area contributed by atoms with E-state index in [9.17, 15) is 0 Å². The Morgan fingerprint density at radius 1 is 1.03 bits per heavy atom. The molecule has 2 atom stereocenters. The number of piperidine rings is 1. The molecule has 1 aliphatic heterocycles. The highest BCUT2D eigenvalue weighted by Crippen LogP contribution is 2.59. The van der Waals surface area contributed by atoms with E-state index in [0.29, 0.717) is 10.8 Å². The largest absolute Gasteiger partial charge is 0.382 e. The van der Waals surface area contributed by atoms with E-state index >= 15 is 0 Å². The number of hydrogen-bond donors (Lipinski definition) is 3. The van der Waals surface area contributed by atoms with Crippen molar-refractivity contribution >= 4 is 29.2 Å². The molecule has 2 unspecified atom stereocenters. The number of benzene rings is 1. The van der Waals surface area contributed by atoms with E-state index in [4.69, 9.17) is 28.1 Å². The van der Waals surface area contributed by atoms with Gasteiger partial charge in [0.15, 0.2) is 0 Å². The molecule has 0 saturated carbocycles.